The molecule has 0 heterocycles. The summed E-state index contributed by atoms with van der Waals surface area (Å²) in [6.45, 7) is 4.95. The van der Waals surface area contributed by atoms with E-state index in [-0.39, 0.29) is 24.0 Å². The lowest BCUT2D eigenvalue weighted by atomic mass is 9.85. The van der Waals surface area contributed by atoms with E-state index in [1.54, 1.807) is 0 Å². The quantitative estimate of drug-likeness (QED) is 0.453. The van der Waals surface area contributed by atoms with Crippen molar-refractivity contribution in [3.8, 4) is 0 Å². The average Bonchev–Trinajstić information content (AvgIpc) is 2.28. The van der Waals surface area contributed by atoms with E-state index in [9.17, 15) is 0 Å². The fourth-order valence-electron chi connectivity index (χ4n) is 2.50. The summed E-state index contributed by atoms with van der Waals surface area (Å²) in [7, 11) is 0. The highest BCUT2D eigenvalue weighted by Crippen LogP contribution is 2.27. The fraction of sp³-hybridized carbons (Fsp3) is 0.923. The van der Waals surface area contributed by atoms with Crippen molar-refractivity contribution in [1.82, 2.24) is 5.32 Å². The van der Waals surface area contributed by atoms with Crippen LogP contribution in [0.15, 0.2) is 4.99 Å². The number of nitrogens with one attached hydrogen (secondary N) is 1. The van der Waals surface area contributed by atoms with Crippen LogP contribution in [0.3, 0.4) is 0 Å². The molecule has 0 aromatic rings. The van der Waals surface area contributed by atoms with Crippen LogP contribution < -0.4 is 11.1 Å². The molecule has 1 fully saturated rings. The van der Waals surface area contributed by atoms with Crippen molar-refractivity contribution in [2.45, 2.75) is 64.8 Å². The van der Waals surface area contributed by atoms with E-state index in [1.807, 2.05) is 6.92 Å². The van der Waals surface area contributed by atoms with Gasteiger partial charge >= 0.3 is 0 Å². The Kier molecular flexibility index (Phi) is 9.97. The van der Waals surface area contributed by atoms with Crippen LogP contribution in [0.25, 0.3) is 0 Å². The second kappa shape index (κ2) is 9.97. The Hall–Kier alpha value is 0. The van der Waals surface area contributed by atoms with E-state index < -0.39 is 0 Å². The first-order valence-electron chi connectivity index (χ1n) is 6.78. The standard InChI is InChI=1S/C13H27N3.HI/c1-3-15-13(14)16-11(2)9-10-12-7-5-4-6-8-12;/h11-12H,3-10H2,1-2H3,(H3,14,15,16);1H. The van der Waals surface area contributed by atoms with E-state index in [2.05, 4.69) is 17.2 Å². The van der Waals surface area contributed by atoms with Crippen molar-refractivity contribution < 1.29 is 0 Å². The number of halogens is 1. The molecule has 1 rings (SSSR count). The molecule has 4 heteroatoms. The number of aliphatic imine (C=N–C) groups is 1. The summed E-state index contributed by atoms with van der Waals surface area (Å²) in [6, 6.07) is 0.456. The van der Waals surface area contributed by atoms with Crippen LogP contribution in [0, 0.1) is 5.92 Å². The summed E-state index contributed by atoms with van der Waals surface area (Å²) in [4.78, 5) is 4.14. The summed E-state index contributed by atoms with van der Waals surface area (Å²) in [6.07, 6.45) is 9.74. The molecule has 0 aliphatic heterocycles. The summed E-state index contributed by atoms with van der Waals surface area (Å²) >= 11 is 0. The van der Waals surface area contributed by atoms with Gasteiger partial charge in [-0.3, -0.25) is 4.99 Å². The molecular formula is C13H28IN3. The molecule has 17 heavy (non-hydrogen) atoms. The zero-order valence-electron chi connectivity index (χ0n) is 11.2. The van der Waals surface area contributed by atoms with Crippen LogP contribution in [0.1, 0.15) is 58.8 Å². The molecule has 0 aromatic carbocycles. The Bertz CT molecular complexity index is 213. The van der Waals surface area contributed by atoms with Gasteiger partial charge in [-0.1, -0.05) is 32.1 Å². The number of rotatable bonds is 5. The third kappa shape index (κ3) is 7.84. The molecule has 102 valence electrons. The van der Waals surface area contributed by atoms with Gasteiger partial charge in [0.05, 0.1) is 0 Å². The molecular weight excluding hydrogens is 325 g/mol. The van der Waals surface area contributed by atoms with Crippen LogP contribution in [0.5, 0.6) is 0 Å². The maximum Gasteiger partial charge on any atom is 0.188 e. The van der Waals surface area contributed by atoms with E-state index in [0.29, 0.717) is 12.0 Å². The lowest BCUT2D eigenvalue weighted by molar-refractivity contribution is 0.322. The van der Waals surface area contributed by atoms with Gasteiger partial charge in [0.15, 0.2) is 5.96 Å². The van der Waals surface area contributed by atoms with Gasteiger partial charge in [-0.2, -0.15) is 0 Å². The predicted octanol–water partition coefficient (Wildman–Crippen LogP) is 3.28. The zero-order valence-corrected chi connectivity index (χ0v) is 13.6. The molecule has 1 aliphatic carbocycles. The van der Waals surface area contributed by atoms with E-state index in [0.717, 1.165) is 12.5 Å². The van der Waals surface area contributed by atoms with Crippen LogP contribution in [-0.2, 0) is 0 Å². The van der Waals surface area contributed by atoms with E-state index >= 15 is 0 Å². The van der Waals surface area contributed by atoms with Crippen LogP contribution >= 0.6 is 24.0 Å². The van der Waals surface area contributed by atoms with Crippen molar-refractivity contribution in [3.05, 3.63) is 0 Å². The third-order valence-corrected chi connectivity index (χ3v) is 3.46. The Labute approximate surface area is 123 Å². The molecule has 0 spiro atoms. The molecule has 3 nitrogen and oxygen atoms in total. The highest BCUT2D eigenvalue weighted by molar-refractivity contribution is 14.0. The normalized spacial score (nSPS) is 19.5. The minimum absolute atomic E-state index is 0. The number of nitrogens with two attached hydrogens (primary N) is 1. The largest absolute Gasteiger partial charge is 0.370 e. The van der Waals surface area contributed by atoms with Gasteiger partial charge < -0.3 is 11.1 Å². The molecule has 1 aliphatic rings. The van der Waals surface area contributed by atoms with Gasteiger partial charge in [-0.05, 0) is 32.6 Å². The van der Waals surface area contributed by atoms with E-state index in [1.165, 1.54) is 44.9 Å². The minimum atomic E-state index is 0. The number of nitrogens with zero attached hydrogens (tertiary/aromatic N) is 1. The molecule has 0 radical (unpaired) electrons. The lowest BCUT2D eigenvalue weighted by Crippen LogP contribution is -2.38. The van der Waals surface area contributed by atoms with Crippen LogP contribution in [-0.4, -0.2) is 18.5 Å². The molecule has 0 aromatic heterocycles. The summed E-state index contributed by atoms with van der Waals surface area (Å²) in [5, 5.41) is 3.25. The fourth-order valence-corrected chi connectivity index (χ4v) is 2.50. The monoisotopic (exact) mass is 353 g/mol. The van der Waals surface area contributed by atoms with E-state index in [4.69, 9.17) is 5.73 Å². The zero-order chi connectivity index (χ0) is 11.8. The summed E-state index contributed by atoms with van der Waals surface area (Å²) in [5.74, 6) is 1.56. The van der Waals surface area contributed by atoms with Gasteiger partial charge in [0.25, 0.3) is 0 Å². The highest BCUT2D eigenvalue weighted by Gasteiger charge is 2.14. The van der Waals surface area contributed by atoms with Gasteiger partial charge in [0, 0.05) is 12.6 Å². The number of guanidine groups is 1. The molecule has 1 atom stereocenters. The van der Waals surface area contributed by atoms with Gasteiger partial charge in [-0.15, -0.1) is 24.0 Å². The van der Waals surface area contributed by atoms with Crippen LogP contribution in [0.4, 0.5) is 0 Å². The third-order valence-electron chi connectivity index (χ3n) is 3.46. The first kappa shape index (κ1) is 17.0. The van der Waals surface area contributed by atoms with Gasteiger partial charge in [-0.25, -0.2) is 0 Å². The summed E-state index contributed by atoms with van der Waals surface area (Å²) < 4.78 is 0. The average molecular weight is 353 g/mol. The molecule has 1 saturated carbocycles. The van der Waals surface area contributed by atoms with Crippen molar-refractivity contribution in [2.75, 3.05) is 6.54 Å². The number of hydrogen-bond acceptors (Lipinski definition) is 1. The van der Waals surface area contributed by atoms with Crippen molar-refractivity contribution in [3.63, 3.8) is 0 Å². The maximum absolute atomic E-state index is 5.73. The van der Waals surface area contributed by atoms with Gasteiger partial charge in [0.2, 0.25) is 0 Å². The molecule has 1 unspecified atom stereocenters. The summed E-state index contributed by atoms with van der Waals surface area (Å²) in [5.41, 5.74) is 5.73. The molecule has 0 bridgehead atoms. The topological polar surface area (TPSA) is 50.4 Å². The Morgan fingerprint density at radius 1 is 1.35 bits per heavy atom. The Morgan fingerprint density at radius 2 is 2.00 bits per heavy atom. The molecule has 0 amide bonds. The maximum atomic E-state index is 5.73. The van der Waals surface area contributed by atoms with Crippen LogP contribution in [0.2, 0.25) is 0 Å². The second-order valence-corrected chi connectivity index (χ2v) is 4.99. The molecule has 3 N–H and O–H groups in total. The predicted molar refractivity (Wildman–Crippen MR) is 86.0 cm³/mol. The Balaban J connectivity index is 0.00000256. The lowest BCUT2D eigenvalue weighted by Gasteiger charge is -2.23. The van der Waals surface area contributed by atoms with Crippen molar-refractivity contribution in [2.24, 2.45) is 16.6 Å². The second-order valence-electron chi connectivity index (χ2n) is 4.99. The molecule has 0 saturated heterocycles. The van der Waals surface area contributed by atoms with Crippen molar-refractivity contribution in [1.29, 1.82) is 0 Å². The van der Waals surface area contributed by atoms with Gasteiger partial charge in [0.1, 0.15) is 0 Å². The smallest absolute Gasteiger partial charge is 0.188 e. The first-order valence-corrected chi connectivity index (χ1v) is 6.78. The SMILES string of the molecule is CCN=C(N)NC(C)CCC1CCCCC1.I. The minimum Gasteiger partial charge on any atom is -0.370 e. The number of hydrogen-bond donors (Lipinski definition) is 2. The van der Waals surface area contributed by atoms with Crippen molar-refractivity contribution >= 4 is 29.9 Å². The first-order chi connectivity index (χ1) is 7.72. The highest BCUT2D eigenvalue weighted by atomic mass is 127. The Morgan fingerprint density at radius 3 is 2.59 bits per heavy atom.